The van der Waals surface area contributed by atoms with Crippen molar-refractivity contribution in [2.75, 3.05) is 7.05 Å². The van der Waals surface area contributed by atoms with Gasteiger partial charge in [-0.05, 0) is 43.1 Å². The van der Waals surface area contributed by atoms with Crippen LogP contribution < -0.4 is 10.1 Å². The van der Waals surface area contributed by atoms with E-state index >= 15 is 0 Å². The van der Waals surface area contributed by atoms with Crippen LogP contribution in [0.3, 0.4) is 0 Å². The van der Waals surface area contributed by atoms with E-state index in [0.29, 0.717) is 5.92 Å². The minimum atomic E-state index is 0.0826. The molecule has 1 N–H and O–H groups in total. The predicted octanol–water partition coefficient (Wildman–Crippen LogP) is 4.36. The van der Waals surface area contributed by atoms with Gasteiger partial charge in [0.1, 0.15) is 11.9 Å². The largest absolute Gasteiger partial charge is 0.488 e. The number of likely N-dealkylation sites (N-methyl/N-ethyl adjacent to an activating group) is 1. The highest BCUT2D eigenvalue weighted by Crippen LogP contribution is 2.27. The SMILES string of the molecule is CNC(c1ccccc1)C(Oc1cccc(C)c1)C(C)C. The fraction of sp³-hybridized carbons (Fsp3) is 0.368. The first-order valence-corrected chi connectivity index (χ1v) is 7.57. The van der Waals surface area contributed by atoms with Gasteiger partial charge in [-0.25, -0.2) is 0 Å². The van der Waals surface area contributed by atoms with Gasteiger partial charge in [0, 0.05) is 0 Å². The van der Waals surface area contributed by atoms with E-state index in [1.165, 1.54) is 11.1 Å². The summed E-state index contributed by atoms with van der Waals surface area (Å²) in [4.78, 5) is 0. The Balaban J connectivity index is 2.25. The van der Waals surface area contributed by atoms with E-state index in [-0.39, 0.29) is 12.1 Å². The molecule has 2 rings (SSSR count). The molecule has 0 spiro atoms. The topological polar surface area (TPSA) is 21.3 Å². The number of aryl methyl sites for hydroxylation is 1. The summed E-state index contributed by atoms with van der Waals surface area (Å²) in [7, 11) is 1.99. The Morgan fingerprint density at radius 1 is 0.952 bits per heavy atom. The summed E-state index contributed by atoms with van der Waals surface area (Å²) >= 11 is 0. The smallest absolute Gasteiger partial charge is 0.120 e. The lowest BCUT2D eigenvalue weighted by Gasteiger charge is -2.31. The van der Waals surface area contributed by atoms with Crippen molar-refractivity contribution in [3.8, 4) is 5.75 Å². The molecule has 0 bridgehead atoms. The highest BCUT2D eigenvalue weighted by molar-refractivity contribution is 5.28. The van der Waals surface area contributed by atoms with Gasteiger partial charge in [0.15, 0.2) is 0 Å². The minimum absolute atomic E-state index is 0.0826. The fourth-order valence-electron chi connectivity index (χ4n) is 2.62. The van der Waals surface area contributed by atoms with E-state index in [1.807, 2.05) is 25.2 Å². The van der Waals surface area contributed by atoms with Crippen molar-refractivity contribution in [3.63, 3.8) is 0 Å². The molecule has 2 aromatic carbocycles. The Bertz CT molecular complexity index is 551. The van der Waals surface area contributed by atoms with E-state index in [1.54, 1.807) is 0 Å². The first-order chi connectivity index (χ1) is 10.1. The zero-order chi connectivity index (χ0) is 15.2. The number of hydrogen-bond donors (Lipinski definition) is 1. The van der Waals surface area contributed by atoms with Crippen LogP contribution in [0.5, 0.6) is 5.75 Å². The van der Waals surface area contributed by atoms with Crippen molar-refractivity contribution in [1.82, 2.24) is 5.32 Å². The van der Waals surface area contributed by atoms with Gasteiger partial charge in [0.05, 0.1) is 6.04 Å². The molecule has 0 saturated heterocycles. The normalized spacial score (nSPS) is 14.0. The van der Waals surface area contributed by atoms with Gasteiger partial charge in [-0.3, -0.25) is 0 Å². The molecule has 0 radical (unpaired) electrons. The molecule has 0 saturated carbocycles. The predicted molar refractivity (Wildman–Crippen MR) is 88.7 cm³/mol. The van der Waals surface area contributed by atoms with Crippen LogP contribution in [0.15, 0.2) is 54.6 Å². The first kappa shape index (κ1) is 15.6. The third-order valence-electron chi connectivity index (χ3n) is 3.72. The van der Waals surface area contributed by atoms with Crippen molar-refractivity contribution in [2.45, 2.75) is 32.9 Å². The van der Waals surface area contributed by atoms with Gasteiger partial charge in [-0.1, -0.05) is 56.3 Å². The lowest BCUT2D eigenvalue weighted by Crippen LogP contribution is -2.37. The fourth-order valence-corrected chi connectivity index (χ4v) is 2.62. The molecular weight excluding hydrogens is 258 g/mol. The molecule has 0 heterocycles. The van der Waals surface area contributed by atoms with Crippen molar-refractivity contribution in [1.29, 1.82) is 0 Å². The summed E-state index contributed by atoms with van der Waals surface area (Å²) in [5.41, 5.74) is 2.47. The Hall–Kier alpha value is -1.80. The van der Waals surface area contributed by atoms with Crippen LogP contribution in [-0.4, -0.2) is 13.2 Å². The number of ether oxygens (including phenoxy) is 1. The molecule has 2 atom stereocenters. The van der Waals surface area contributed by atoms with Crippen LogP contribution in [0.2, 0.25) is 0 Å². The number of hydrogen-bond acceptors (Lipinski definition) is 2. The molecule has 2 unspecified atom stereocenters. The van der Waals surface area contributed by atoms with Gasteiger partial charge in [-0.2, -0.15) is 0 Å². The molecule has 0 aliphatic rings. The monoisotopic (exact) mass is 283 g/mol. The van der Waals surface area contributed by atoms with E-state index < -0.39 is 0 Å². The van der Waals surface area contributed by atoms with Gasteiger partial charge in [0.25, 0.3) is 0 Å². The maximum absolute atomic E-state index is 6.30. The molecule has 0 aliphatic heterocycles. The summed E-state index contributed by atoms with van der Waals surface area (Å²) in [5, 5.41) is 3.41. The molecule has 0 aliphatic carbocycles. The lowest BCUT2D eigenvalue weighted by atomic mass is 9.93. The van der Waals surface area contributed by atoms with E-state index in [2.05, 4.69) is 62.5 Å². The second-order valence-electron chi connectivity index (χ2n) is 5.82. The quantitative estimate of drug-likeness (QED) is 0.850. The average Bonchev–Trinajstić information content (AvgIpc) is 2.48. The molecule has 2 aromatic rings. The first-order valence-electron chi connectivity index (χ1n) is 7.57. The second kappa shape index (κ2) is 7.28. The van der Waals surface area contributed by atoms with Gasteiger partial charge >= 0.3 is 0 Å². The molecule has 0 fully saturated rings. The molecule has 21 heavy (non-hydrogen) atoms. The molecule has 112 valence electrons. The maximum atomic E-state index is 6.30. The Morgan fingerprint density at radius 2 is 1.67 bits per heavy atom. The van der Waals surface area contributed by atoms with Crippen molar-refractivity contribution < 1.29 is 4.74 Å². The van der Waals surface area contributed by atoms with Crippen LogP contribution in [0.25, 0.3) is 0 Å². The van der Waals surface area contributed by atoms with E-state index in [4.69, 9.17) is 4.74 Å². The van der Waals surface area contributed by atoms with Crippen LogP contribution in [0.4, 0.5) is 0 Å². The minimum Gasteiger partial charge on any atom is -0.488 e. The van der Waals surface area contributed by atoms with E-state index in [9.17, 15) is 0 Å². The van der Waals surface area contributed by atoms with Crippen LogP contribution >= 0.6 is 0 Å². The van der Waals surface area contributed by atoms with Gasteiger partial charge < -0.3 is 10.1 Å². The molecule has 0 amide bonds. The summed E-state index contributed by atoms with van der Waals surface area (Å²) in [6.07, 6.45) is 0.0826. The standard InChI is InChI=1S/C19H25NO/c1-14(2)19(21-17-12-8-9-15(3)13-17)18(20-4)16-10-6-5-7-11-16/h5-14,18-20H,1-4H3. The third-order valence-corrected chi connectivity index (χ3v) is 3.72. The zero-order valence-electron chi connectivity index (χ0n) is 13.3. The summed E-state index contributed by atoms with van der Waals surface area (Å²) in [6, 6.07) is 18.9. The highest BCUT2D eigenvalue weighted by atomic mass is 16.5. The molecular formula is C19H25NO. The number of rotatable bonds is 6. The van der Waals surface area contributed by atoms with Gasteiger partial charge in [-0.15, -0.1) is 0 Å². The van der Waals surface area contributed by atoms with E-state index in [0.717, 1.165) is 5.75 Å². The van der Waals surface area contributed by atoms with Gasteiger partial charge in [0.2, 0.25) is 0 Å². The lowest BCUT2D eigenvalue weighted by molar-refractivity contribution is 0.111. The summed E-state index contributed by atoms with van der Waals surface area (Å²) < 4.78 is 6.30. The number of nitrogens with one attached hydrogen (secondary N) is 1. The molecule has 2 nitrogen and oxygen atoms in total. The van der Waals surface area contributed by atoms with Crippen molar-refractivity contribution in [3.05, 3.63) is 65.7 Å². The maximum Gasteiger partial charge on any atom is 0.120 e. The number of benzene rings is 2. The zero-order valence-corrected chi connectivity index (χ0v) is 13.3. The Kier molecular flexibility index (Phi) is 5.40. The third kappa shape index (κ3) is 4.08. The van der Waals surface area contributed by atoms with Crippen molar-refractivity contribution in [2.24, 2.45) is 5.92 Å². The Labute approximate surface area is 128 Å². The average molecular weight is 283 g/mol. The summed E-state index contributed by atoms with van der Waals surface area (Å²) in [6.45, 7) is 6.49. The summed E-state index contributed by atoms with van der Waals surface area (Å²) in [5.74, 6) is 1.34. The highest BCUT2D eigenvalue weighted by Gasteiger charge is 2.26. The second-order valence-corrected chi connectivity index (χ2v) is 5.82. The van der Waals surface area contributed by atoms with Crippen LogP contribution in [0, 0.1) is 12.8 Å². The van der Waals surface area contributed by atoms with Crippen LogP contribution in [-0.2, 0) is 0 Å². The Morgan fingerprint density at radius 3 is 2.24 bits per heavy atom. The molecule has 2 heteroatoms. The van der Waals surface area contributed by atoms with Crippen LogP contribution in [0.1, 0.15) is 31.0 Å². The van der Waals surface area contributed by atoms with Crippen molar-refractivity contribution >= 4 is 0 Å². The molecule has 0 aromatic heterocycles.